The van der Waals surface area contributed by atoms with Crippen molar-refractivity contribution < 1.29 is 13.2 Å². The van der Waals surface area contributed by atoms with Crippen molar-refractivity contribution in [2.24, 2.45) is 0 Å². The molecular formula is C12H10F3N3. The Morgan fingerprint density at radius 2 is 1.72 bits per heavy atom. The molecule has 0 unspecified atom stereocenters. The molecule has 94 valence electrons. The Morgan fingerprint density at radius 1 is 1.00 bits per heavy atom. The molecule has 3 nitrogen and oxygen atoms in total. The molecule has 2 aromatic rings. The zero-order valence-corrected chi connectivity index (χ0v) is 9.54. The summed E-state index contributed by atoms with van der Waals surface area (Å²) in [5.41, 5.74) is 0.0906. The van der Waals surface area contributed by atoms with Gasteiger partial charge in [-0.15, -0.1) is 0 Å². The molecule has 0 saturated carbocycles. The first-order chi connectivity index (χ1) is 8.61. The summed E-state index contributed by atoms with van der Waals surface area (Å²) in [5.74, 6) is -2.71. The fourth-order valence-corrected chi connectivity index (χ4v) is 1.50. The number of anilines is 1. The number of halogens is 3. The van der Waals surface area contributed by atoms with Gasteiger partial charge in [0.15, 0.2) is 11.6 Å². The Kier molecular flexibility index (Phi) is 3.45. The minimum atomic E-state index is -1.22. The van der Waals surface area contributed by atoms with Crippen LogP contribution in [0.1, 0.15) is 6.92 Å². The van der Waals surface area contributed by atoms with Gasteiger partial charge in [-0.1, -0.05) is 0 Å². The highest BCUT2D eigenvalue weighted by Gasteiger charge is 2.13. The monoisotopic (exact) mass is 253 g/mol. The molecule has 0 aliphatic heterocycles. The van der Waals surface area contributed by atoms with Crippen LogP contribution in [0.25, 0.3) is 11.3 Å². The van der Waals surface area contributed by atoms with Crippen molar-refractivity contribution in [1.82, 2.24) is 9.97 Å². The minimum Gasteiger partial charge on any atom is -0.370 e. The zero-order chi connectivity index (χ0) is 13.1. The number of benzene rings is 1. The summed E-state index contributed by atoms with van der Waals surface area (Å²) >= 11 is 0. The van der Waals surface area contributed by atoms with Gasteiger partial charge < -0.3 is 5.32 Å². The number of hydrogen-bond acceptors (Lipinski definition) is 3. The highest BCUT2D eigenvalue weighted by molar-refractivity contribution is 5.62. The zero-order valence-electron chi connectivity index (χ0n) is 9.54. The third-order valence-corrected chi connectivity index (χ3v) is 2.31. The van der Waals surface area contributed by atoms with Gasteiger partial charge in [-0.05, 0) is 13.0 Å². The molecule has 0 aliphatic rings. The van der Waals surface area contributed by atoms with Crippen LogP contribution in [0, 0.1) is 17.5 Å². The van der Waals surface area contributed by atoms with Crippen LogP contribution >= 0.6 is 0 Å². The summed E-state index contributed by atoms with van der Waals surface area (Å²) in [7, 11) is 0. The molecule has 1 N–H and O–H groups in total. The summed E-state index contributed by atoms with van der Waals surface area (Å²) < 4.78 is 39.5. The smallest absolute Gasteiger partial charge is 0.161 e. The lowest BCUT2D eigenvalue weighted by Gasteiger charge is -2.06. The van der Waals surface area contributed by atoms with Crippen LogP contribution < -0.4 is 5.32 Å². The van der Waals surface area contributed by atoms with E-state index in [0.29, 0.717) is 18.4 Å². The maximum atomic E-state index is 13.5. The maximum absolute atomic E-state index is 13.5. The van der Waals surface area contributed by atoms with E-state index in [1.807, 2.05) is 6.92 Å². The number of rotatable bonds is 3. The lowest BCUT2D eigenvalue weighted by molar-refractivity contribution is 0.496. The van der Waals surface area contributed by atoms with Gasteiger partial charge in [0.25, 0.3) is 0 Å². The third-order valence-electron chi connectivity index (χ3n) is 2.31. The van der Waals surface area contributed by atoms with Crippen molar-refractivity contribution in [3.63, 3.8) is 0 Å². The van der Waals surface area contributed by atoms with Crippen molar-refractivity contribution >= 4 is 5.82 Å². The van der Waals surface area contributed by atoms with Crippen LogP contribution in [0.3, 0.4) is 0 Å². The van der Waals surface area contributed by atoms with Crippen LogP contribution in [0.15, 0.2) is 24.5 Å². The van der Waals surface area contributed by atoms with E-state index in [2.05, 4.69) is 15.3 Å². The molecule has 0 atom stereocenters. The van der Waals surface area contributed by atoms with Crippen molar-refractivity contribution in [2.45, 2.75) is 6.92 Å². The Balaban J connectivity index is 2.48. The Bertz CT molecular complexity index is 572. The van der Waals surface area contributed by atoms with E-state index in [0.717, 1.165) is 6.07 Å². The maximum Gasteiger partial charge on any atom is 0.161 e. The van der Waals surface area contributed by atoms with Crippen LogP contribution in [-0.4, -0.2) is 16.5 Å². The van der Waals surface area contributed by atoms with Gasteiger partial charge in [-0.25, -0.2) is 23.1 Å². The molecule has 1 aromatic carbocycles. The molecule has 0 fully saturated rings. The van der Waals surface area contributed by atoms with Crippen LogP contribution in [-0.2, 0) is 0 Å². The molecule has 0 bridgehead atoms. The lowest BCUT2D eigenvalue weighted by Crippen LogP contribution is -2.01. The Labute approximate surface area is 102 Å². The van der Waals surface area contributed by atoms with Crippen molar-refractivity contribution in [3.05, 3.63) is 42.0 Å². The SMILES string of the molecule is CCNc1cc(-c2cc(F)c(F)cc2F)ncn1. The highest BCUT2D eigenvalue weighted by Crippen LogP contribution is 2.24. The van der Waals surface area contributed by atoms with E-state index in [1.165, 1.54) is 12.4 Å². The second-order valence-corrected chi connectivity index (χ2v) is 3.56. The van der Waals surface area contributed by atoms with Gasteiger partial charge in [-0.2, -0.15) is 0 Å². The second kappa shape index (κ2) is 5.03. The van der Waals surface area contributed by atoms with Crippen molar-refractivity contribution in [1.29, 1.82) is 0 Å². The van der Waals surface area contributed by atoms with Gasteiger partial charge in [0.05, 0.1) is 5.69 Å². The van der Waals surface area contributed by atoms with Crippen LogP contribution in [0.4, 0.5) is 19.0 Å². The average molecular weight is 253 g/mol. The first-order valence-electron chi connectivity index (χ1n) is 5.32. The third kappa shape index (κ3) is 2.42. The minimum absolute atomic E-state index is 0.101. The van der Waals surface area contributed by atoms with Crippen molar-refractivity contribution in [2.75, 3.05) is 11.9 Å². The van der Waals surface area contributed by atoms with E-state index in [1.54, 1.807) is 0 Å². The number of nitrogens with one attached hydrogen (secondary N) is 1. The number of hydrogen-bond donors (Lipinski definition) is 1. The summed E-state index contributed by atoms with van der Waals surface area (Å²) in [6, 6.07) is 2.75. The summed E-state index contributed by atoms with van der Waals surface area (Å²) in [6.45, 7) is 2.51. The molecule has 18 heavy (non-hydrogen) atoms. The average Bonchev–Trinajstić information content (AvgIpc) is 2.34. The quantitative estimate of drug-likeness (QED) is 0.854. The molecule has 0 spiro atoms. The van der Waals surface area contributed by atoms with Crippen molar-refractivity contribution in [3.8, 4) is 11.3 Å². The van der Waals surface area contributed by atoms with E-state index < -0.39 is 17.5 Å². The number of nitrogens with zero attached hydrogens (tertiary/aromatic N) is 2. The predicted molar refractivity (Wildman–Crippen MR) is 61.5 cm³/mol. The van der Waals surface area contributed by atoms with Crippen LogP contribution in [0.5, 0.6) is 0 Å². The summed E-state index contributed by atoms with van der Waals surface area (Å²) in [5, 5.41) is 2.92. The fourth-order valence-electron chi connectivity index (χ4n) is 1.50. The molecule has 1 heterocycles. The van der Waals surface area contributed by atoms with Gasteiger partial charge in [0.2, 0.25) is 0 Å². The summed E-state index contributed by atoms with van der Waals surface area (Å²) in [4.78, 5) is 7.76. The molecule has 2 rings (SSSR count). The van der Waals surface area contributed by atoms with Crippen LogP contribution in [0.2, 0.25) is 0 Å². The molecular weight excluding hydrogens is 243 g/mol. The van der Waals surface area contributed by atoms with Gasteiger partial charge >= 0.3 is 0 Å². The van der Waals surface area contributed by atoms with Gasteiger partial charge in [-0.3, -0.25) is 0 Å². The molecule has 0 aliphatic carbocycles. The molecule has 0 radical (unpaired) electrons. The van der Waals surface area contributed by atoms with Gasteiger partial charge in [0.1, 0.15) is 18.0 Å². The van der Waals surface area contributed by atoms with Gasteiger partial charge in [0, 0.05) is 24.2 Å². The molecule has 0 amide bonds. The lowest BCUT2D eigenvalue weighted by atomic mass is 10.1. The summed E-state index contributed by atoms with van der Waals surface area (Å²) in [6.07, 6.45) is 1.23. The second-order valence-electron chi connectivity index (χ2n) is 3.56. The molecule has 1 aromatic heterocycles. The largest absolute Gasteiger partial charge is 0.370 e. The Morgan fingerprint density at radius 3 is 2.44 bits per heavy atom. The molecule has 6 heteroatoms. The first kappa shape index (κ1) is 12.3. The number of aromatic nitrogens is 2. The van der Waals surface area contributed by atoms with E-state index in [-0.39, 0.29) is 11.3 Å². The fraction of sp³-hybridized carbons (Fsp3) is 0.167. The standard InChI is InChI=1S/C12H10F3N3/c1-2-16-12-5-11(17-6-18-12)7-3-9(14)10(15)4-8(7)13/h3-6H,2H2,1H3,(H,16,17,18). The molecule has 0 saturated heterocycles. The van der Waals surface area contributed by atoms with E-state index in [4.69, 9.17) is 0 Å². The van der Waals surface area contributed by atoms with E-state index >= 15 is 0 Å². The first-order valence-corrected chi connectivity index (χ1v) is 5.32. The normalized spacial score (nSPS) is 10.4. The van der Waals surface area contributed by atoms with E-state index in [9.17, 15) is 13.2 Å². The Hall–Kier alpha value is -2.11. The highest BCUT2D eigenvalue weighted by atomic mass is 19.2. The predicted octanol–water partition coefficient (Wildman–Crippen LogP) is 2.99. The topological polar surface area (TPSA) is 37.8 Å².